The van der Waals surface area contributed by atoms with Crippen LogP contribution in [-0.4, -0.2) is 23.9 Å². The van der Waals surface area contributed by atoms with Crippen LogP contribution in [0.2, 0.25) is 0 Å². The SMILES string of the molecule is C=CC(=C(F)\C=C(/C)Br)/C(C)=N/CNC1=CCCC(C(=C)CCC(=C)C(=O)C(/C=C\CC)=C/C)=N1. The summed E-state index contributed by atoms with van der Waals surface area (Å²) in [5.41, 5.74) is 3.92. The molecule has 1 aliphatic heterocycles. The molecule has 0 spiro atoms. The number of carbonyl (C=O) groups is 1. The molecule has 0 saturated carbocycles. The normalized spacial score (nSPS) is 15.9. The van der Waals surface area contributed by atoms with Crippen LogP contribution in [0.1, 0.15) is 59.8 Å². The van der Waals surface area contributed by atoms with E-state index in [-0.39, 0.29) is 12.5 Å². The molecule has 0 saturated heterocycles. The topological polar surface area (TPSA) is 53.8 Å². The van der Waals surface area contributed by atoms with Gasteiger partial charge in [0, 0.05) is 22.6 Å². The van der Waals surface area contributed by atoms with Gasteiger partial charge in [0.2, 0.25) is 0 Å². The van der Waals surface area contributed by atoms with Gasteiger partial charge in [-0.3, -0.25) is 9.79 Å². The second-order valence-electron chi connectivity index (χ2n) is 8.05. The van der Waals surface area contributed by atoms with Gasteiger partial charge in [-0.25, -0.2) is 9.38 Å². The first-order chi connectivity index (χ1) is 16.6. The number of nitrogens with zero attached hydrogens (tertiary/aromatic N) is 2. The Balaban J connectivity index is 2.74. The molecule has 0 radical (unpaired) electrons. The van der Waals surface area contributed by atoms with Crippen molar-refractivity contribution in [2.45, 2.75) is 59.8 Å². The monoisotopic (exact) mass is 541 g/mol. The van der Waals surface area contributed by atoms with Gasteiger partial charge in [0.05, 0.1) is 0 Å². The maximum Gasteiger partial charge on any atom is 0.188 e. The van der Waals surface area contributed by atoms with Gasteiger partial charge in [-0.1, -0.05) is 66.9 Å². The first kappa shape index (κ1) is 30.2. The number of ketones is 1. The summed E-state index contributed by atoms with van der Waals surface area (Å²) in [5.74, 6) is 0.282. The molecule has 0 bridgehead atoms. The number of nitrogens with one attached hydrogen (secondary N) is 1. The van der Waals surface area contributed by atoms with E-state index in [1.807, 2.05) is 38.2 Å². The minimum Gasteiger partial charge on any atom is -0.351 e. The molecule has 0 aromatic rings. The summed E-state index contributed by atoms with van der Waals surface area (Å²) >= 11 is 3.23. The van der Waals surface area contributed by atoms with Gasteiger partial charge < -0.3 is 5.32 Å². The third kappa shape index (κ3) is 10.5. The molecule has 4 nitrogen and oxygen atoms in total. The zero-order valence-electron chi connectivity index (χ0n) is 21.4. The van der Waals surface area contributed by atoms with E-state index >= 15 is 0 Å². The summed E-state index contributed by atoms with van der Waals surface area (Å²) in [5, 5.41) is 3.18. The number of hydrogen-bond donors (Lipinski definition) is 1. The highest BCUT2D eigenvalue weighted by Gasteiger charge is 2.14. The van der Waals surface area contributed by atoms with Crippen molar-refractivity contribution < 1.29 is 9.18 Å². The fourth-order valence-corrected chi connectivity index (χ4v) is 3.47. The fraction of sp³-hybridized carbons (Fsp3) is 0.345. The predicted molar refractivity (Wildman–Crippen MR) is 153 cm³/mol. The molecule has 1 aliphatic rings. The van der Waals surface area contributed by atoms with Crippen molar-refractivity contribution >= 4 is 33.1 Å². The third-order valence-corrected chi connectivity index (χ3v) is 5.52. The minimum atomic E-state index is -0.396. The van der Waals surface area contributed by atoms with Crippen LogP contribution in [0.4, 0.5) is 4.39 Å². The van der Waals surface area contributed by atoms with Gasteiger partial charge in [0.1, 0.15) is 18.3 Å². The molecule has 1 rings (SSSR count). The smallest absolute Gasteiger partial charge is 0.188 e. The lowest BCUT2D eigenvalue weighted by atomic mass is 9.95. The van der Waals surface area contributed by atoms with E-state index in [4.69, 9.17) is 0 Å². The fourth-order valence-electron chi connectivity index (χ4n) is 3.27. The number of carbonyl (C=O) groups excluding carboxylic acids is 1. The highest BCUT2D eigenvalue weighted by Crippen LogP contribution is 2.20. The zero-order chi connectivity index (χ0) is 26.4. The van der Waals surface area contributed by atoms with Gasteiger partial charge in [-0.15, -0.1) is 0 Å². The second kappa shape index (κ2) is 15.9. The third-order valence-electron chi connectivity index (χ3n) is 5.29. The lowest BCUT2D eigenvalue weighted by Crippen LogP contribution is -2.18. The summed E-state index contributed by atoms with van der Waals surface area (Å²) in [6.07, 6.45) is 14.1. The van der Waals surface area contributed by atoms with E-state index in [2.05, 4.69) is 51.0 Å². The van der Waals surface area contributed by atoms with Gasteiger partial charge in [-0.05, 0) is 80.7 Å². The molecule has 0 unspecified atom stereocenters. The van der Waals surface area contributed by atoms with E-state index in [1.54, 1.807) is 13.8 Å². The van der Waals surface area contributed by atoms with Crippen molar-refractivity contribution in [2.24, 2.45) is 9.98 Å². The summed E-state index contributed by atoms with van der Waals surface area (Å²) in [4.78, 5) is 21.7. The Morgan fingerprint density at radius 2 is 2.03 bits per heavy atom. The molecule has 35 heavy (non-hydrogen) atoms. The quantitative estimate of drug-likeness (QED) is 0.137. The lowest BCUT2D eigenvalue weighted by molar-refractivity contribution is -0.112. The van der Waals surface area contributed by atoms with Crippen LogP contribution in [0.3, 0.4) is 0 Å². The first-order valence-electron chi connectivity index (χ1n) is 11.8. The summed E-state index contributed by atoms with van der Waals surface area (Å²) in [7, 11) is 0. The molecule has 1 heterocycles. The van der Waals surface area contributed by atoms with Gasteiger partial charge in [0.15, 0.2) is 5.78 Å². The molecule has 188 valence electrons. The van der Waals surface area contributed by atoms with Gasteiger partial charge >= 0.3 is 0 Å². The van der Waals surface area contributed by atoms with Crippen molar-refractivity contribution in [1.29, 1.82) is 0 Å². The molecule has 0 atom stereocenters. The van der Waals surface area contributed by atoms with Crippen LogP contribution in [-0.2, 0) is 4.79 Å². The summed E-state index contributed by atoms with van der Waals surface area (Å²) in [6, 6.07) is 0. The number of hydrogen-bond acceptors (Lipinski definition) is 4. The average molecular weight is 543 g/mol. The van der Waals surface area contributed by atoms with Crippen molar-refractivity contribution in [1.82, 2.24) is 5.32 Å². The van der Waals surface area contributed by atoms with Gasteiger partial charge in [0.25, 0.3) is 0 Å². The van der Waals surface area contributed by atoms with Crippen LogP contribution in [0.25, 0.3) is 0 Å². The molecular weight excluding hydrogens is 505 g/mol. The first-order valence-corrected chi connectivity index (χ1v) is 12.6. The molecule has 1 N–H and O–H groups in total. The number of halogens is 2. The number of aliphatic imine (C=N–C) groups is 2. The van der Waals surface area contributed by atoms with E-state index < -0.39 is 5.83 Å². The average Bonchev–Trinajstić information content (AvgIpc) is 2.82. The van der Waals surface area contributed by atoms with Gasteiger partial charge in [-0.2, -0.15) is 0 Å². The Hall–Kier alpha value is -2.86. The Bertz CT molecular complexity index is 1050. The molecule has 0 aromatic heterocycles. The largest absolute Gasteiger partial charge is 0.351 e. The van der Waals surface area contributed by atoms with Crippen LogP contribution in [0, 0.1) is 0 Å². The van der Waals surface area contributed by atoms with Crippen LogP contribution in [0.15, 0.2) is 105 Å². The maximum atomic E-state index is 14.3. The summed E-state index contributed by atoms with van der Waals surface area (Å²) in [6.45, 7) is 19.5. The van der Waals surface area contributed by atoms with Crippen LogP contribution in [0.5, 0.6) is 0 Å². The van der Waals surface area contributed by atoms with E-state index in [0.717, 1.165) is 30.5 Å². The van der Waals surface area contributed by atoms with E-state index in [1.165, 1.54) is 12.2 Å². The molecule has 0 fully saturated rings. The standard InChI is InChI=1S/C29H37BrFN3O/c1-8-11-13-24(9-2)29(35)21(5)17-16-20(4)27-14-12-15-28(34-27)33-19-32-23(7)25(10-3)26(31)18-22(6)30/h9-11,13,15,18,33H,3-5,8,12,14,16-17,19H2,1-2,6-7H3/b13-11-,22-18+,24-9+,26-25-,32-23+. The van der Waals surface area contributed by atoms with Crippen molar-refractivity contribution in [3.8, 4) is 0 Å². The Morgan fingerprint density at radius 3 is 2.63 bits per heavy atom. The highest BCUT2D eigenvalue weighted by molar-refractivity contribution is 9.11. The number of allylic oxidation sites excluding steroid dienone is 12. The Morgan fingerprint density at radius 1 is 1.31 bits per heavy atom. The molecule has 0 amide bonds. The maximum absolute atomic E-state index is 14.3. The van der Waals surface area contributed by atoms with Crippen LogP contribution >= 0.6 is 15.9 Å². The number of Topliss-reactive ketones (excluding diaryl/α,β-unsaturated/α-hetero) is 1. The van der Waals surface area contributed by atoms with E-state index in [0.29, 0.717) is 45.6 Å². The molecule has 0 aromatic carbocycles. The molecular formula is C29H37BrFN3O. The van der Waals surface area contributed by atoms with Crippen molar-refractivity contribution in [3.05, 3.63) is 94.6 Å². The minimum absolute atomic E-state index is 0.0303. The molecule has 0 aliphatic carbocycles. The predicted octanol–water partition coefficient (Wildman–Crippen LogP) is 8.15. The van der Waals surface area contributed by atoms with Crippen LogP contribution < -0.4 is 5.32 Å². The van der Waals surface area contributed by atoms with Crippen molar-refractivity contribution in [3.63, 3.8) is 0 Å². The lowest BCUT2D eigenvalue weighted by Gasteiger charge is -2.16. The molecule has 6 heteroatoms. The summed E-state index contributed by atoms with van der Waals surface area (Å²) < 4.78 is 15.0. The van der Waals surface area contributed by atoms with Crippen molar-refractivity contribution in [2.75, 3.05) is 6.67 Å². The van der Waals surface area contributed by atoms with E-state index in [9.17, 15) is 9.18 Å². The Kier molecular flexibility index (Phi) is 13.7. The Labute approximate surface area is 218 Å². The zero-order valence-corrected chi connectivity index (χ0v) is 23.0. The number of rotatable bonds is 14. The second-order valence-corrected chi connectivity index (χ2v) is 9.30. The highest BCUT2D eigenvalue weighted by atomic mass is 79.9.